The fraction of sp³-hybridized carbons (Fsp3) is 0.500. The van der Waals surface area contributed by atoms with Crippen LogP contribution >= 0.6 is 11.8 Å². The van der Waals surface area contributed by atoms with E-state index in [1.807, 2.05) is 18.2 Å². The average molecular weight is 243 g/mol. The van der Waals surface area contributed by atoms with Crippen LogP contribution in [0, 0.1) is 5.82 Å². The highest BCUT2D eigenvalue weighted by Gasteiger charge is 2.12. The predicted octanol–water partition coefficient (Wildman–Crippen LogP) is 2.68. The molecule has 0 heterocycles. The number of hydrogen-bond acceptors (Lipinski definition) is 3. The summed E-state index contributed by atoms with van der Waals surface area (Å²) in [4.78, 5) is 2.04. The Labute approximate surface area is 100 Å². The molecule has 0 saturated carbocycles. The first kappa shape index (κ1) is 13.3. The number of halogens is 1. The molecule has 90 valence electrons. The summed E-state index contributed by atoms with van der Waals surface area (Å²) in [5, 5.41) is 9.60. The Morgan fingerprint density at radius 1 is 1.50 bits per heavy atom. The summed E-state index contributed by atoms with van der Waals surface area (Å²) >= 11 is 1.76. The molecule has 0 radical (unpaired) electrons. The molecule has 1 N–H and O–H groups in total. The van der Waals surface area contributed by atoms with Gasteiger partial charge < -0.3 is 10.0 Å². The number of hydrogen-bond donors (Lipinski definition) is 1. The largest absolute Gasteiger partial charge is 0.389 e. The highest BCUT2D eigenvalue weighted by atomic mass is 32.2. The van der Waals surface area contributed by atoms with Gasteiger partial charge in [-0.1, -0.05) is 0 Å². The molecule has 1 atom stereocenters. The number of benzene rings is 1. The van der Waals surface area contributed by atoms with Crippen LogP contribution in [0.15, 0.2) is 18.2 Å². The van der Waals surface area contributed by atoms with E-state index in [0.29, 0.717) is 5.56 Å². The van der Waals surface area contributed by atoms with Crippen LogP contribution in [0.25, 0.3) is 0 Å². The third-order valence-corrected chi connectivity index (χ3v) is 3.07. The molecule has 16 heavy (non-hydrogen) atoms. The summed E-state index contributed by atoms with van der Waals surface area (Å²) in [6.07, 6.45) is 1.40. The van der Waals surface area contributed by atoms with E-state index in [2.05, 4.69) is 0 Å². The van der Waals surface area contributed by atoms with Crippen molar-refractivity contribution >= 4 is 17.4 Å². The van der Waals surface area contributed by atoms with Gasteiger partial charge in [-0.15, -0.1) is 0 Å². The molecule has 0 spiro atoms. The van der Waals surface area contributed by atoms with E-state index in [1.165, 1.54) is 12.1 Å². The van der Waals surface area contributed by atoms with Crippen LogP contribution in [0.3, 0.4) is 0 Å². The van der Waals surface area contributed by atoms with Crippen molar-refractivity contribution in [2.75, 3.05) is 30.5 Å². The van der Waals surface area contributed by atoms with E-state index in [0.717, 1.165) is 18.0 Å². The van der Waals surface area contributed by atoms with Gasteiger partial charge in [0.25, 0.3) is 0 Å². The van der Waals surface area contributed by atoms with E-state index in [4.69, 9.17) is 0 Å². The van der Waals surface area contributed by atoms with Gasteiger partial charge in [-0.25, -0.2) is 4.39 Å². The zero-order chi connectivity index (χ0) is 12.1. The Morgan fingerprint density at radius 3 is 2.75 bits per heavy atom. The molecule has 1 aromatic carbocycles. The summed E-state index contributed by atoms with van der Waals surface area (Å²) < 4.78 is 13.1. The van der Waals surface area contributed by atoms with E-state index >= 15 is 0 Å². The number of aliphatic hydroxyl groups is 1. The highest BCUT2D eigenvalue weighted by Crippen LogP contribution is 2.26. The second-order valence-electron chi connectivity index (χ2n) is 3.79. The lowest BCUT2D eigenvalue weighted by Crippen LogP contribution is -2.22. The molecule has 1 rings (SSSR count). The van der Waals surface area contributed by atoms with Crippen LogP contribution in [-0.4, -0.2) is 30.7 Å². The summed E-state index contributed by atoms with van der Waals surface area (Å²) in [5.74, 6) is 0.700. The molecular formula is C12H18FNOS. The van der Waals surface area contributed by atoms with Crippen LogP contribution in [-0.2, 0) is 0 Å². The maximum atomic E-state index is 13.1. The Morgan fingerprint density at radius 2 is 2.19 bits per heavy atom. The van der Waals surface area contributed by atoms with E-state index in [1.54, 1.807) is 24.8 Å². The van der Waals surface area contributed by atoms with Gasteiger partial charge in [0.15, 0.2) is 0 Å². The summed E-state index contributed by atoms with van der Waals surface area (Å²) in [5.41, 5.74) is 1.54. The highest BCUT2D eigenvalue weighted by molar-refractivity contribution is 7.98. The van der Waals surface area contributed by atoms with Crippen molar-refractivity contribution in [3.63, 3.8) is 0 Å². The Bertz CT molecular complexity index is 344. The molecule has 0 aromatic heterocycles. The smallest absolute Gasteiger partial charge is 0.123 e. The monoisotopic (exact) mass is 243 g/mol. The second-order valence-corrected chi connectivity index (χ2v) is 4.78. The minimum absolute atomic E-state index is 0.307. The normalized spacial score (nSPS) is 12.6. The second kappa shape index (κ2) is 6.11. The van der Waals surface area contributed by atoms with Crippen molar-refractivity contribution < 1.29 is 9.50 Å². The Hall–Kier alpha value is -0.740. The van der Waals surface area contributed by atoms with Crippen molar-refractivity contribution in [2.24, 2.45) is 0 Å². The zero-order valence-electron chi connectivity index (χ0n) is 9.90. The van der Waals surface area contributed by atoms with Gasteiger partial charge in [-0.2, -0.15) is 11.8 Å². The minimum atomic E-state index is -0.651. The average Bonchev–Trinajstić information content (AvgIpc) is 2.25. The fourth-order valence-electron chi connectivity index (χ4n) is 1.56. The minimum Gasteiger partial charge on any atom is -0.389 e. The molecule has 0 aliphatic rings. The number of thioether (sulfide) groups is 1. The van der Waals surface area contributed by atoms with Crippen molar-refractivity contribution in [3.8, 4) is 0 Å². The maximum absolute atomic E-state index is 13.1. The van der Waals surface area contributed by atoms with Crippen LogP contribution in [0.2, 0.25) is 0 Å². The molecule has 0 unspecified atom stereocenters. The van der Waals surface area contributed by atoms with Crippen LogP contribution in [0.5, 0.6) is 0 Å². The Kier molecular flexibility index (Phi) is 5.09. The SMILES string of the molecule is CSCCN(C)c1ccc(F)cc1[C@H](C)O. The summed E-state index contributed by atoms with van der Waals surface area (Å²) in [6.45, 7) is 2.53. The molecule has 0 saturated heterocycles. The van der Waals surface area contributed by atoms with Gasteiger partial charge in [0, 0.05) is 30.6 Å². The summed E-state index contributed by atoms with van der Waals surface area (Å²) in [6, 6.07) is 4.55. The van der Waals surface area contributed by atoms with Crippen molar-refractivity contribution in [3.05, 3.63) is 29.6 Å². The van der Waals surface area contributed by atoms with Crippen molar-refractivity contribution in [1.29, 1.82) is 0 Å². The quantitative estimate of drug-likeness (QED) is 0.860. The first-order valence-corrected chi connectivity index (χ1v) is 6.63. The molecule has 0 aliphatic carbocycles. The third kappa shape index (κ3) is 3.39. The lowest BCUT2D eigenvalue weighted by atomic mass is 10.1. The lowest BCUT2D eigenvalue weighted by molar-refractivity contribution is 0.199. The van der Waals surface area contributed by atoms with Gasteiger partial charge in [0.1, 0.15) is 5.82 Å². The number of rotatable bonds is 5. The van der Waals surface area contributed by atoms with Crippen molar-refractivity contribution in [2.45, 2.75) is 13.0 Å². The number of anilines is 1. The molecular weight excluding hydrogens is 225 g/mol. The number of nitrogens with zero attached hydrogens (tertiary/aromatic N) is 1. The van der Waals surface area contributed by atoms with Gasteiger partial charge >= 0.3 is 0 Å². The first-order valence-electron chi connectivity index (χ1n) is 5.24. The van der Waals surface area contributed by atoms with Gasteiger partial charge in [0.05, 0.1) is 6.10 Å². The predicted molar refractivity (Wildman–Crippen MR) is 68.7 cm³/mol. The first-order chi connectivity index (χ1) is 7.56. The topological polar surface area (TPSA) is 23.5 Å². The van der Waals surface area contributed by atoms with Crippen LogP contribution in [0.4, 0.5) is 10.1 Å². The van der Waals surface area contributed by atoms with E-state index in [-0.39, 0.29) is 5.82 Å². The zero-order valence-corrected chi connectivity index (χ0v) is 10.7. The summed E-state index contributed by atoms with van der Waals surface area (Å²) in [7, 11) is 1.95. The van der Waals surface area contributed by atoms with Gasteiger partial charge in [-0.05, 0) is 31.4 Å². The fourth-order valence-corrected chi connectivity index (χ4v) is 2.01. The molecule has 0 amide bonds. The molecule has 2 nitrogen and oxygen atoms in total. The molecule has 4 heteroatoms. The lowest BCUT2D eigenvalue weighted by Gasteiger charge is -2.23. The molecule has 0 fully saturated rings. The molecule has 0 bridgehead atoms. The molecule has 1 aromatic rings. The van der Waals surface area contributed by atoms with Gasteiger partial charge in [-0.3, -0.25) is 0 Å². The van der Waals surface area contributed by atoms with Crippen LogP contribution < -0.4 is 4.90 Å². The van der Waals surface area contributed by atoms with Crippen LogP contribution in [0.1, 0.15) is 18.6 Å². The van der Waals surface area contributed by atoms with E-state index in [9.17, 15) is 9.50 Å². The standard InChI is InChI=1S/C12H18FNOS/c1-9(15)11-8-10(13)4-5-12(11)14(2)6-7-16-3/h4-5,8-9,15H,6-7H2,1-3H3/t9-/m0/s1. The molecule has 0 aliphatic heterocycles. The van der Waals surface area contributed by atoms with E-state index < -0.39 is 6.10 Å². The maximum Gasteiger partial charge on any atom is 0.123 e. The Balaban J connectivity index is 2.93. The van der Waals surface area contributed by atoms with Gasteiger partial charge in [0.2, 0.25) is 0 Å². The third-order valence-electron chi connectivity index (χ3n) is 2.48. The van der Waals surface area contributed by atoms with Crippen molar-refractivity contribution in [1.82, 2.24) is 0 Å². The number of aliphatic hydroxyl groups excluding tert-OH is 1.